The van der Waals surface area contributed by atoms with Crippen LogP contribution in [0.3, 0.4) is 0 Å². The van der Waals surface area contributed by atoms with Crippen LogP contribution < -0.4 is 4.74 Å². The Balaban J connectivity index is 1.40. The van der Waals surface area contributed by atoms with Crippen molar-refractivity contribution in [1.29, 1.82) is 0 Å². The number of hydrogen-bond acceptors (Lipinski definition) is 5. The van der Waals surface area contributed by atoms with Gasteiger partial charge in [-0.1, -0.05) is 6.07 Å². The van der Waals surface area contributed by atoms with Crippen LogP contribution in [-0.4, -0.2) is 58.3 Å². The van der Waals surface area contributed by atoms with Crippen LogP contribution in [0.1, 0.15) is 53.1 Å². The van der Waals surface area contributed by atoms with Crippen LogP contribution in [0.5, 0.6) is 5.75 Å². The highest BCUT2D eigenvalue weighted by atomic mass is 16.5. The Morgan fingerprint density at radius 3 is 2.66 bits per heavy atom. The van der Waals surface area contributed by atoms with Gasteiger partial charge in [0.15, 0.2) is 0 Å². The zero-order valence-corrected chi connectivity index (χ0v) is 16.9. The van der Waals surface area contributed by atoms with Crippen molar-refractivity contribution in [2.45, 2.75) is 38.6 Å². The molecule has 0 atom stereocenters. The molecule has 2 aliphatic rings. The van der Waals surface area contributed by atoms with Crippen molar-refractivity contribution in [3.8, 4) is 5.75 Å². The molecule has 3 heterocycles. The van der Waals surface area contributed by atoms with Gasteiger partial charge in [-0.15, -0.1) is 0 Å². The lowest BCUT2D eigenvalue weighted by Crippen LogP contribution is -2.38. The molecule has 2 amide bonds. The van der Waals surface area contributed by atoms with Gasteiger partial charge in [-0.25, -0.2) is 9.97 Å². The minimum atomic E-state index is 0.0398. The van der Waals surface area contributed by atoms with Gasteiger partial charge in [0.25, 0.3) is 5.91 Å². The van der Waals surface area contributed by atoms with E-state index in [-0.39, 0.29) is 17.7 Å². The minimum absolute atomic E-state index is 0.0398. The fourth-order valence-electron chi connectivity index (χ4n) is 4.08. The quantitative estimate of drug-likeness (QED) is 0.799. The molecule has 0 saturated carbocycles. The van der Waals surface area contributed by atoms with Crippen molar-refractivity contribution < 1.29 is 14.3 Å². The van der Waals surface area contributed by atoms with E-state index in [0.717, 1.165) is 36.3 Å². The fraction of sp³-hybridized carbons (Fsp3) is 0.455. The lowest BCUT2D eigenvalue weighted by atomic mass is 9.94. The summed E-state index contributed by atoms with van der Waals surface area (Å²) in [5, 5.41) is 0. The first-order valence-electron chi connectivity index (χ1n) is 10.1. The van der Waals surface area contributed by atoms with Crippen LogP contribution in [-0.2, 0) is 17.8 Å². The van der Waals surface area contributed by atoms with Crippen molar-refractivity contribution in [3.63, 3.8) is 0 Å². The van der Waals surface area contributed by atoms with Crippen molar-refractivity contribution in [2.75, 3.05) is 26.7 Å². The molecular weight excluding hydrogens is 368 g/mol. The Morgan fingerprint density at radius 2 is 1.93 bits per heavy atom. The topological polar surface area (TPSA) is 75.6 Å². The summed E-state index contributed by atoms with van der Waals surface area (Å²) in [5.41, 5.74) is 2.76. The SMILES string of the molecule is COc1cccc(C(=O)N2CCC(c3ncc4c(n3)CCN(C(C)=O)C4)CC2)c1. The summed E-state index contributed by atoms with van der Waals surface area (Å²) in [6.07, 6.45) is 4.36. The van der Waals surface area contributed by atoms with E-state index in [0.29, 0.717) is 37.5 Å². The van der Waals surface area contributed by atoms with Crippen LogP contribution in [0.25, 0.3) is 0 Å². The highest BCUT2D eigenvalue weighted by Gasteiger charge is 2.28. The minimum Gasteiger partial charge on any atom is -0.497 e. The summed E-state index contributed by atoms with van der Waals surface area (Å²) in [6, 6.07) is 7.29. The molecule has 4 rings (SSSR count). The van der Waals surface area contributed by atoms with E-state index in [4.69, 9.17) is 9.72 Å². The van der Waals surface area contributed by atoms with E-state index in [1.54, 1.807) is 20.1 Å². The van der Waals surface area contributed by atoms with Crippen molar-refractivity contribution in [2.24, 2.45) is 0 Å². The van der Waals surface area contributed by atoms with Gasteiger partial charge in [-0.2, -0.15) is 0 Å². The number of hydrogen-bond donors (Lipinski definition) is 0. The van der Waals surface area contributed by atoms with Gasteiger partial charge in [-0.3, -0.25) is 9.59 Å². The van der Waals surface area contributed by atoms with E-state index < -0.39 is 0 Å². The number of rotatable bonds is 3. The molecule has 7 heteroatoms. The van der Waals surface area contributed by atoms with Crippen LogP contribution in [0.15, 0.2) is 30.5 Å². The molecular formula is C22H26N4O3. The second-order valence-electron chi connectivity index (χ2n) is 7.69. The second kappa shape index (κ2) is 8.19. The average Bonchev–Trinajstić information content (AvgIpc) is 2.78. The van der Waals surface area contributed by atoms with E-state index >= 15 is 0 Å². The number of aromatic nitrogens is 2. The maximum Gasteiger partial charge on any atom is 0.253 e. The van der Waals surface area contributed by atoms with Crippen molar-refractivity contribution in [1.82, 2.24) is 19.8 Å². The van der Waals surface area contributed by atoms with Crippen LogP contribution in [0.4, 0.5) is 0 Å². The van der Waals surface area contributed by atoms with Crippen molar-refractivity contribution >= 4 is 11.8 Å². The number of ether oxygens (including phenoxy) is 1. The highest BCUT2D eigenvalue weighted by molar-refractivity contribution is 5.94. The Hall–Kier alpha value is -2.96. The number of methoxy groups -OCH3 is 1. The summed E-state index contributed by atoms with van der Waals surface area (Å²) in [6.45, 7) is 4.30. The molecule has 2 aliphatic heterocycles. The number of fused-ring (bicyclic) bond motifs is 1. The van der Waals surface area contributed by atoms with E-state index in [9.17, 15) is 9.59 Å². The number of nitrogens with zero attached hydrogens (tertiary/aromatic N) is 4. The number of carbonyl (C=O) groups is 2. The van der Waals surface area contributed by atoms with Gasteiger partial charge >= 0.3 is 0 Å². The summed E-state index contributed by atoms with van der Waals surface area (Å²) in [4.78, 5) is 37.5. The molecule has 0 bridgehead atoms. The molecule has 0 spiro atoms. The van der Waals surface area contributed by atoms with Crippen LogP contribution >= 0.6 is 0 Å². The first-order chi connectivity index (χ1) is 14.0. The predicted octanol–water partition coefficient (Wildman–Crippen LogP) is 2.41. The van der Waals surface area contributed by atoms with Crippen LogP contribution in [0.2, 0.25) is 0 Å². The van der Waals surface area contributed by atoms with Gasteiger partial charge < -0.3 is 14.5 Å². The van der Waals surface area contributed by atoms with Gasteiger partial charge in [0.05, 0.1) is 12.8 Å². The largest absolute Gasteiger partial charge is 0.497 e. The molecule has 152 valence electrons. The molecule has 0 aliphatic carbocycles. The molecule has 1 aromatic carbocycles. The molecule has 1 saturated heterocycles. The molecule has 1 fully saturated rings. The monoisotopic (exact) mass is 394 g/mol. The van der Waals surface area contributed by atoms with E-state index in [2.05, 4.69) is 4.98 Å². The zero-order valence-electron chi connectivity index (χ0n) is 16.9. The smallest absolute Gasteiger partial charge is 0.253 e. The lowest BCUT2D eigenvalue weighted by molar-refractivity contribution is -0.129. The van der Waals surface area contributed by atoms with Gasteiger partial charge in [0, 0.05) is 62.8 Å². The first-order valence-corrected chi connectivity index (χ1v) is 10.1. The number of amides is 2. The van der Waals surface area contributed by atoms with Gasteiger partial charge in [-0.05, 0) is 31.0 Å². The van der Waals surface area contributed by atoms with Gasteiger partial charge in [0.2, 0.25) is 5.91 Å². The lowest BCUT2D eigenvalue weighted by Gasteiger charge is -2.32. The summed E-state index contributed by atoms with van der Waals surface area (Å²) >= 11 is 0. The molecule has 7 nitrogen and oxygen atoms in total. The first kappa shape index (κ1) is 19.4. The summed E-state index contributed by atoms with van der Waals surface area (Å²) in [5.74, 6) is 1.95. The second-order valence-corrected chi connectivity index (χ2v) is 7.69. The molecule has 0 unspecified atom stereocenters. The normalized spacial score (nSPS) is 17.0. The number of likely N-dealkylation sites (tertiary alicyclic amines) is 1. The molecule has 29 heavy (non-hydrogen) atoms. The standard InChI is InChI=1S/C22H26N4O3/c1-15(27)26-11-8-20-18(14-26)13-23-21(24-20)16-6-9-25(10-7-16)22(28)17-4-3-5-19(12-17)29-2/h3-5,12-13,16H,6-11,14H2,1-2H3. The Morgan fingerprint density at radius 1 is 1.14 bits per heavy atom. The molecule has 0 radical (unpaired) electrons. The average molecular weight is 394 g/mol. The fourth-order valence-corrected chi connectivity index (χ4v) is 4.08. The Bertz CT molecular complexity index is 922. The maximum absolute atomic E-state index is 12.8. The summed E-state index contributed by atoms with van der Waals surface area (Å²) < 4.78 is 5.22. The third-order valence-corrected chi connectivity index (χ3v) is 5.86. The number of benzene rings is 1. The van der Waals surface area contributed by atoms with Gasteiger partial charge in [0.1, 0.15) is 11.6 Å². The Kier molecular flexibility index (Phi) is 5.47. The maximum atomic E-state index is 12.8. The zero-order chi connectivity index (χ0) is 20.4. The highest BCUT2D eigenvalue weighted by Crippen LogP contribution is 2.28. The third-order valence-electron chi connectivity index (χ3n) is 5.86. The number of carbonyl (C=O) groups excluding carboxylic acids is 2. The van der Waals surface area contributed by atoms with Crippen molar-refractivity contribution in [3.05, 3.63) is 53.1 Å². The Labute approximate surface area is 170 Å². The summed E-state index contributed by atoms with van der Waals surface area (Å²) in [7, 11) is 1.60. The van der Waals surface area contributed by atoms with Crippen LogP contribution in [0, 0.1) is 0 Å². The predicted molar refractivity (Wildman–Crippen MR) is 108 cm³/mol. The molecule has 2 aromatic rings. The third kappa shape index (κ3) is 4.09. The van der Waals surface area contributed by atoms with E-state index in [1.165, 1.54) is 0 Å². The molecule has 0 N–H and O–H groups in total. The van der Waals surface area contributed by atoms with E-state index in [1.807, 2.05) is 34.2 Å². The number of piperidine rings is 1. The molecule has 1 aromatic heterocycles.